The van der Waals surface area contributed by atoms with Crippen molar-refractivity contribution < 1.29 is 9.18 Å². The third-order valence-electron chi connectivity index (χ3n) is 3.38. The van der Waals surface area contributed by atoms with Crippen LogP contribution in [0.1, 0.15) is 47.7 Å². The van der Waals surface area contributed by atoms with Gasteiger partial charge in [-0.15, -0.1) is 0 Å². The van der Waals surface area contributed by atoms with Crippen LogP contribution in [-0.2, 0) is 0 Å². The molecule has 0 unspecified atom stereocenters. The van der Waals surface area contributed by atoms with Crippen LogP contribution >= 0.6 is 11.6 Å². The molecule has 2 rings (SSSR count). The number of hydrogen-bond acceptors (Lipinski definition) is 3. The van der Waals surface area contributed by atoms with E-state index in [-0.39, 0.29) is 22.7 Å². The van der Waals surface area contributed by atoms with Gasteiger partial charge in [-0.25, -0.2) is 9.37 Å². The van der Waals surface area contributed by atoms with Crippen molar-refractivity contribution in [2.24, 2.45) is 11.5 Å². The molecule has 0 radical (unpaired) electrons. The van der Waals surface area contributed by atoms with Gasteiger partial charge in [0.15, 0.2) is 0 Å². The lowest BCUT2D eigenvalue weighted by molar-refractivity contribution is 0.0999. The van der Waals surface area contributed by atoms with Crippen molar-refractivity contribution in [2.75, 3.05) is 0 Å². The van der Waals surface area contributed by atoms with Gasteiger partial charge in [-0.2, -0.15) is 0 Å². The summed E-state index contributed by atoms with van der Waals surface area (Å²) in [5.74, 6) is -1.28. The second-order valence-corrected chi connectivity index (χ2v) is 5.03. The number of nitrogens with zero attached hydrogens (tertiary/aromatic N) is 1. The number of primary amides is 1. The van der Waals surface area contributed by atoms with Gasteiger partial charge in [0, 0.05) is 12.0 Å². The fourth-order valence-corrected chi connectivity index (χ4v) is 2.57. The second-order valence-electron chi connectivity index (χ2n) is 4.67. The lowest BCUT2D eigenvalue weighted by atomic mass is 9.84. The predicted molar refractivity (Wildman–Crippen MR) is 66.9 cm³/mol. The van der Waals surface area contributed by atoms with E-state index in [1.165, 1.54) is 0 Å². The molecule has 1 heterocycles. The Hall–Kier alpha value is -1.20. The van der Waals surface area contributed by atoms with Crippen LogP contribution in [0.25, 0.3) is 0 Å². The first kappa shape index (κ1) is 13.2. The Morgan fingerprint density at radius 3 is 2.56 bits per heavy atom. The Labute approximate surface area is 110 Å². The highest BCUT2D eigenvalue weighted by atomic mass is 35.5. The van der Waals surface area contributed by atoms with Gasteiger partial charge < -0.3 is 11.5 Å². The molecule has 0 spiro atoms. The Morgan fingerprint density at radius 1 is 1.39 bits per heavy atom. The molecule has 1 aliphatic carbocycles. The van der Waals surface area contributed by atoms with Gasteiger partial charge in [0.1, 0.15) is 11.0 Å². The van der Waals surface area contributed by atoms with Gasteiger partial charge >= 0.3 is 0 Å². The van der Waals surface area contributed by atoms with E-state index in [9.17, 15) is 9.18 Å². The first-order chi connectivity index (χ1) is 8.49. The minimum absolute atomic E-state index is 0.0178. The first-order valence-corrected chi connectivity index (χ1v) is 6.28. The SMILES string of the molecule is NC(=O)c1cc(F)c(C2CCC(N)CC2)nc1Cl. The summed E-state index contributed by atoms with van der Waals surface area (Å²) in [5, 5.41) is -0.0335. The van der Waals surface area contributed by atoms with Crippen LogP contribution in [0.3, 0.4) is 0 Å². The minimum atomic E-state index is -0.774. The van der Waals surface area contributed by atoms with Gasteiger partial charge in [0.25, 0.3) is 5.91 Å². The van der Waals surface area contributed by atoms with Gasteiger partial charge in [-0.1, -0.05) is 11.6 Å². The summed E-state index contributed by atoms with van der Waals surface area (Å²) in [4.78, 5) is 15.0. The highest BCUT2D eigenvalue weighted by Gasteiger charge is 2.25. The summed E-state index contributed by atoms with van der Waals surface area (Å²) in [6, 6.07) is 1.26. The highest BCUT2D eigenvalue weighted by Crippen LogP contribution is 2.33. The van der Waals surface area contributed by atoms with Gasteiger partial charge in [-0.3, -0.25) is 4.79 Å². The van der Waals surface area contributed by atoms with Crippen molar-refractivity contribution in [2.45, 2.75) is 37.6 Å². The largest absolute Gasteiger partial charge is 0.366 e. The molecule has 4 nitrogen and oxygen atoms in total. The van der Waals surface area contributed by atoms with Crippen LogP contribution in [0.4, 0.5) is 4.39 Å². The maximum atomic E-state index is 13.9. The molecule has 0 bridgehead atoms. The van der Waals surface area contributed by atoms with Crippen molar-refractivity contribution in [3.05, 3.63) is 28.3 Å². The summed E-state index contributed by atoms with van der Waals surface area (Å²) in [6.07, 6.45) is 3.27. The van der Waals surface area contributed by atoms with Crippen LogP contribution in [0.2, 0.25) is 5.15 Å². The molecule has 1 amide bonds. The summed E-state index contributed by atoms with van der Waals surface area (Å²) in [7, 11) is 0. The van der Waals surface area contributed by atoms with Crippen molar-refractivity contribution >= 4 is 17.5 Å². The standard InChI is InChI=1S/C12H15ClFN3O/c13-11-8(12(16)18)5-9(14)10(17-11)6-1-3-7(15)4-2-6/h5-7H,1-4,15H2,(H2,16,18). The Morgan fingerprint density at radius 2 is 2.00 bits per heavy atom. The molecule has 18 heavy (non-hydrogen) atoms. The zero-order valence-corrected chi connectivity index (χ0v) is 10.6. The quantitative estimate of drug-likeness (QED) is 0.807. The predicted octanol–water partition coefficient (Wildman–Crippen LogP) is 1.96. The number of hydrogen-bond donors (Lipinski definition) is 2. The van der Waals surface area contributed by atoms with E-state index in [1.807, 2.05) is 0 Å². The molecule has 1 fully saturated rings. The fourth-order valence-electron chi connectivity index (χ4n) is 2.33. The number of halogens is 2. The smallest absolute Gasteiger partial charge is 0.251 e. The molecule has 0 atom stereocenters. The molecule has 98 valence electrons. The Kier molecular flexibility index (Phi) is 3.82. The monoisotopic (exact) mass is 271 g/mol. The summed E-state index contributed by atoms with van der Waals surface area (Å²) < 4.78 is 13.9. The molecule has 1 saturated carbocycles. The van der Waals surface area contributed by atoms with E-state index in [0.717, 1.165) is 31.7 Å². The van der Waals surface area contributed by atoms with Gasteiger partial charge in [0.2, 0.25) is 0 Å². The molecule has 1 aliphatic rings. The Balaban J connectivity index is 2.29. The van der Waals surface area contributed by atoms with Crippen molar-refractivity contribution in [1.82, 2.24) is 4.98 Å². The summed E-state index contributed by atoms with van der Waals surface area (Å²) in [6.45, 7) is 0. The molecule has 0 aliphatic heterocycles. The van der Waals surface area contributed by atoms with E-state index in [1.54, 1.807) is 0 Å². The minimum Gasteiger partial charge on any atom is -0.366 e. The van der Waals surface area contributed by atoms with Gasteiger partial charge in [0.05, 0.1) is 11.3 Å². The zero-order valence-electron chi connectivity index (χ0n) is 9.83. The average Bonchev–Trinajstić information content (AvgIpc) is 2.32. The van der Waals surface area contributed by atoms with E-state index in [2.05, 4.69) is 4.98 Å². The van der Waals surface area contributed by atoms with Crippen LogP contribution < -0.4 is 11.5 Å². The summed E-state index contributed by atoms with van der Waals surface area (Å²) >= 11 is 5.84. The number of amides is 1. The third kappa shape index (κ3) is 2.62. The Bertz CT molecular complexity index is 473. The summed E-state index contributed by atoms with van der Waals surface area (Å²) in [5.41, 5.74) is 11.1. The number of carbonyl (C=O) groups is 1. The molecule has 6 heteroatoms. The van der Waals surface area contributed by atoms with Crippen LogP contribution in [0, 0.1) is 5.82 Å². The molecular formula is C12H15ClFN3O. The first-order valence-electron chi connectivity index (χ1n) is 5.90. The number of aromatic nitrogens is 1. The van der Waals surface area contributed by atoms with E-state index in [4.69, 9.17) is 23.1 Å². The van der Waals surface area contributed by atoms with Crippen LogP contribution in [0.5, 0.6) is 0 Å². The van der Waals surface area contributed by atoms with Crippen LogP contribution in [-0.4, -0.2) is 16.9 Å². The van der Waals surface area contributed by atoms with E-state index in [0.29, 0.717) is 5.69 Å². The van der Waals surface area contributed by atoms with Crippen molar-refractivity contribution in [3.8, 4) is 0 Å². The van der Waals surface area contributed by atoms with E-state index >= 15 is 0 Å². The van der Waals surface area contributed by atoms with Crippen molar-refractivity contribution in [1.29, 1.82) is 0 Å². The number of rotatable bonds is 2. The maximum absolute atomic E-state index is 13.9. The number of carbonyl (C=O) groups excluding carboxylic acids is 1. The lowest BCUT2D eigenvalue weighted by Gasteiger charge is -2.26. The van der Waals surface area contributed by atoms with E-state index < -0.39 is 11.7 Å². The molecule has 4 N–H and O–H groups in total. The molecule has 1 aromatic rings. The fraction of sp³-hybridized carbons (Fsp3) is 0.500. The van der Waals surface area contributed by atoms with Crippen LogP contribution in [0.15, 0.2) is 6.07 Å². The normalized spacial score (nSPS) is 23.9. The lowest BCUT2D eigenvalue weighted by Crippen LogP contribution is -2.26. The third-order valence-corrected chi connectivity index (χ3v) is 3.67. The maximum Gasteiger partial charge on any atom is 0.251 e. The molecule has 0 saturated heterocycles. The average molecular weight is 272 g/mol. The molecule has 0 aromatic carbocycles. The zero-order chi connectivity index (χ0) is 13.3. The molecule has 1 aromatic heterocycles. The highest BCUT2D eigenvalue weighted by molar-refractivity contribution is 6.32. The number of pyridine rings is 1. The van der Waals surface area contributed by atoms with Gasteiger partial charge in [-0.05, 0) is 31.7 Å². The molecular weight excluding hydrogens is 257 g/mol. The number of nitrogens with two attached hydrogens (primary N) is 2. The topological polar surface area (TPSA) is 82.0 Å². The second kappa shape index (κ2) is 5.20. The van der Waals surface area contributed by atoms with Crippen molar-refractivity contribution in [3.63, 3.8) is 0 Å².